The summed E-state index contributed by atoms with van der Waals surface area (Å²) in [6.45, 7) is 0. The lowest BCUT2D eigenvalue weighted by atomic mass is 10.3. The highest BCUT2D eigenvalue weighted by Crippen LogP contribution is 2.08. The van der Waals surface area contributed by atoms with Gasteiger partial charge in [0.2, 0.25) is 0 Å². The van der Waals surface area contributed by atoms with Gasteiger partial charge in [0, 0.05) is 0 Å². The Labute approximate surface area is 57.7 Å². The zero-order valence-electron chi connectivity index (χ0n) is 4.43. The Morgan fingerprint density at radius 2 is 2.56 bits per heavy atom. The zero-order chi connectivity index (χ0) is 6.69. The summed E-state index contributed by atoms with van der Waals surface area (Å²) in [6.07, 6.45) is 2.50. The van der Waals surface area contributed by atoms with Crippen LogP contribution in [0.1, 0.15) is 5.56 Å². The maximum absolute atomic E-state index is 8.33. The lowest BCUT2D eigenvalue weighted by Crippen LogP contribution is -1.78. The monoisotopic (exact) mass is 137 g/mol. The molecular weight excluding hydrogens is 136 g/mol. The van der Waals surface area contributed by atoms with E-state index in [4.69, 9.17) is 16.9 Å². The first-order chi connectivity index (χ1) is 4.34. The van der Waals surface area contributed by atoms with Crippen molar-refractivity contribution in [2.75, 3.05) is 0 Å². The van der Waals surface area contributed by atoms with Crippen molar-refractivity contribution in [3.05, 3.63) is 29.0 Å². The van der Waals surface area contributed by atoms with Gasteiger partial charge in [0.15, 0.2) is 0 Å². The summed E-state index contributed by atoms with van der Waals surface area (Å²) in [4.78, 5) is 3.57. The molecule has 0 amide bonds. The summed E-state index contributed by atoms with van der Waals surface area (Å²) in [5.41, 5.74) is 0.385. The minimum Gasteiger partial charge on any atom is -0.233 e. The summed E-state index contributed by atoms with van der Waals surface area (Å²) in [5.74, 6) is 0. The van der Waals surface area contributed by atoms with E-state index in [9.17, 15) is 0 Å². The van der Waals surface area contributed by atoms with Crippen molar-refractivity contribution < 1.29 is 0 Å². The van der Waals surface area contributed by atoms with E-state index in [2.05, 4.69) is 11.2 Å². The molecule has 0 atom stereocenters. The Morgan fingerprint density at radius 1 is 1.78 bits per heavy atom. The summed E-state index contributed by atoms with van der Waals surface area (Å²) >= 11 is 5.46. The fraction of sp³-hybridized carbons (Fsp3) is 0. The lowest BCUT2D eigenvalue weighted by molar-refractivity contribution is 1.29. The fourth-order valence-corrected chi connectivity index (χ4v) is 0.581. The summed E-state index contributed by atoms with van der Waals surface area (Å²) in [5, 5.41) is 8.54. The lowest BCUT2D eigenvalue weighted by Gasteiger charge is -1.86. The molecule has 0 saturated carbocycles. The first-order valence-corrected chi connectivity index (χ1v) is 2.65. The summed E-state index contributed by atoms with van der Waals surface area (Å²) in [6, 6.07) is 4.99. The molecule has 0 unspecified atom stereocenters. The smallest absolute Gasteiger partial charge is 0.147 e. The Hall–Kier alpha value is -1.07. The molecule has 1 rings (SSSR count). The molecular formula is C6H2ClN2. The van der Waals surface area contributed by atoms with E-state index in [1.54, 1.807) is 12.1 Å². The molecule has 0 aromatic carbocycles. The molecule has 1 radical (unpaired) electrons. The van der Waals surface area contributed by atoms with Crippen molar-refractivity contribution in [2.24, 2.45) is 0 Å². The molecule has 2 nitrogen and oxygen atoms in total. The first-order valence-electron chi connectivity index (χ1n) is 2.27. The van der Waals surface area contributed by atoms with Crippen molar-refractivity contribution >= 4 is 11.6 Å². The Kier molecular flexibility index (Phi) is 1.66. The highest BCUT2D eigenvalue weighted by Gasteiger charge is 1.94. The number of pyridine rings is 1. The molecule has 3 heteroatoms. The Morgan fingerprint density at radius 3 is 3.00 bits per heavy atom. The van der Waals surface area contributed by atoms with E-state index in [0.717, 1.165) is 0 Å². The van der Waals surface area contributed by atoms with Gasteiger partial charge >= 0.3 is 0 Å². The molecule has 0 bridgehead atoms. The van der Waals surface area contributed by atoms with E-state index in [1.807, 2.05) is 6.07 Å². The van der Waals surface area contributed by atoms with Crippen molar-refractivity contribution in [3.8, 4) is 6.07 Å². The molecule has 43 valence electrons. The van der Waals surface area contributed by atoms with Gasteiger partial charge < -0.3 is 0 Å². The van der Waals surface area contributed by atoms with Gasteiger partial charge in [0.25, 0.3) is 0 Å². The van der Waals surface area contributed by atoms with Crippen molar-refractivity contribution in [3.63, 3.8) is 0 Å². The molecule has 9 heavy (non-hydrogen) atoms. The molecule has 0 aliphatic carbocycles. The normalized spacial score (nSPS) is 8.44. The maximum Gasteiger partial charge on any atom is 0.147 e. The van der Waals surface area contributed by atoms with E-state index in [-0.39, 0.29) is 5.15 Å². The van der Waals surface area contributed by atoms with Gasteiger partial charge in [-0.15, -0.1) is 0 Å². The van der Waals surface area contributed by atoms with Crippen LogP contribution in [0.2, 0.25) is 5.15 Å². The van der Waals surface area contributed by atoms with Crippen LogP contribution >= 0.6 is 11.6 Å². The van der Waals surface area contributed by atoms with E-state index in [0.29, 0.717) is 5.56 Å². The van der Waals surface area contributed by atoms with E-state index in [1.165, 1.54) is 0 Å². The van der Waals surface area contributed by atoms with Crippen molar-refractivity contribution in [1.29, 1.82) is 5.26 Å². The molecule has 1 aromatic heterocycles. The van der Waals surface area contributed by atoms with Gasteiger partial charge in [-0.2, -0.15) is 5.26 Å². The Balaban J connectivity index is 3.20. The predicted molar refractivity (Wildman–Crippen MR) is 32.8 cm³/mol. The van der Waals surface area contributed by atoms with Crippen LogP contribution in [0.5, 0.6) is 0 Å². The zero-order valence-corrected chi connectivity index (χ0v) is 5.18. The average molecular weight is 138 g/mol. The predicted octanol–water partition coefficient (Wildman–Crippen LogP) is 1.41. The Bertz CT molecular complexity index is 251. The summed E-state index contributed by atoms with van der Waals surface area (Å²) < 4.78 is 0. The van der Waals surface area contributed by atoms with Crippen LogP contribution in [-0.4, -0.2) is 4.98 Å². The van der Waals surface area contributed by atoms with Crippen LogP contribution < -0.4 is 0 Å². The van der Waals surface area contributed by atoms with Gasteiger partial charge in [-0.3, -0.25) is 0 Å². The third-order valence-electron chi connectivity index (χ3n) is 0.830. The maximum atomic E-state index is 8.33. The number of hydrogen-bond acceptors (Lipinski definition) is 2. The van der Waals surface area contributed by atoms with Gasteiger partial charge in [0.1, 0.15) is 11.2 Å². The van der Waals surface area contributed by atoms with Crippen molar-refractivity contribution in [2.45, 2.75) is 0 Å². The average Bonchev–Trinajstić information content (AvgIpc) is 1.89. The van der Waals surface area contributed by atoms with Gasteiger partial charge in [-0.05, 0) is 12.1 Å². The standard InChI is InChI=1S/C6H2ClN2/c7-6-5(4-8)2-1-3-9-6/h1-2H. The highest BCUT2D eigenvalue weighted by molar-refractivity contribution is 6.30. The van der Waals surface area contributed by atoms with E-state index < -0.39 is 0 Å². The molecule has 0 N–H and O–H groups in total. The summed E-state index contributed by atoms with van der Waals surface area (Å²) in [7, 11) is 0. The molecule has 1 heterocycles. The minimum atomic E-state index is 0.208. The topological polar surface area (TPSA) is 36.7 Å². The van der Waals surface area contributed by atoms with Crippen LogP contribution in [0.25, 0.3) is 0 Å². The number of nitriles is 1. The molecule has 0 aliphatic heterocycles. The first kappa shape index (κ1) is 6.06. The molecule has 0 spiro atoms. The number of nitrogens with zero attached hydrogens (tertiary/aromatic N) is 2. The SMILES string of the molecule is N#Cc1cc[c]nc1Cl. The number of rotatable bonds is 0. The quantitative estimate of drug-likeness (QED) is 0.507. The second-order valence-electron chi connectivity index (χ2n) is 1.39. The number of hydrogen-bond donors (Lipinski definition) is 0. The molecule has 1 aromatic rings. The highest BCUT2D eigenvalue weighted by atomic mass is 35.5. The van der Waals surface area contributed by atoms with Crippen LogP contribution in [0.4, 0.5) is 0 Å². The molecule has 0 fully saturated rings. The van der Waals surface area contributed by atoms with Crippen LogP contribution in [0, 0.1) is 17.5 Å². The van der Waals surface area contributed by atoms with Crippen LogP contribution in [0.15, 0.2) is 12.1 Å². The van der Waals surface area contributed by atoms with Gasteiger partial charge in [-0.1, -0.05) is 11.6 Å². The molecule has 0 aliphatic rings. The van der Waals surface area contributed by atoms with E-state index >= 15 is 0 Å². The van der Waals surface area contributed by atoms with Crippen LogP contribution in [0.3, 0.4) is 0 Å². The largest absolute Gasteiger partial charge is 0.233 e. The minimum absolute atomic E-state index is 0.208. The van der Waals surface area contributed by atoms with Gasteiger partial charge in [0.05, 0.1) is 11.8 Å². The second kappa shape index (κ2) is 2.47. The molecule has 0 saturated heterocycles. The third-order valence-corrected chi connectivity index (χ3v) is 1.12. The number of halogens is 1. The fourth-order valence-electron chi connectivity index (χ4n) is 0.427. The van der Waals surface area contributed by atoms with Gasteiger partial charge in [-0.25, -0.2) is 4.98 Å². The third kappa shape index (κ3) is 1.18. The van der Waals surface area contributed by atoms with Crippen molar-refractivity contribution in [1.82, 2.24) is 4.98 Å². The number of aromatic nitrogens is 1. The van der Waals surface area contributed by atoms with Crippen LogP contribution in [-0.2, 0) is 0 Å². The second-order valence-corrected chi connectivity index (χ2v) is 1.75.